The van der Waals surface area contributed by atoms with Crippen molar-refractivity contribution >= 4 is 17.4 Å². The first kappa shape index (κ1) is 17.5. The topological polar surface area (TPSA) is 56.1 Å². The van der Waals surface area contributed by atoms with Gasteiger partial charge >= 0.3 is 0 Å². The number of anilines is 1. The molecule has 2 fully saturated rings. The zero-order chi connectivity index (χ0) is 18.1. The lowest BCUT2D eigenvalue weighted by atomic mass is 9.95. The highest BCUT2D eigenvalue weighted by molar-refractivity contribution is 6.17. The molecule has 0 radical (unpaired) electrons. The first-order valence-corrected chi connectivity index (χ1v) is 9.63. The normalized spacial score (nSPS) is 21.3. The molecule has 0 amide bonds. The molecule has 2 aliphatic rings. The van der Waals surface area contributed by atoms with Gasteiger partial charge < -0.3 is 14.2 Å². The van der Waals surface area contributed by atoms with Crippen molar-refractivity contribution in [3.63, 3.8) is 0 Å². The van der Waals surface area contributed by atoms with Gasteiger partial charge in [0.25, 0.3) is 0 Å². The Morgan fingerprint density at radius 3 is 2.96 bits per heavy atom. The number of pyridine rings is 1. The van der Waals surface area contributed by atoms with Gasteiger partial charge in [0.2, 0.25) is 0 Å². The number of nitrogens with zero attached hydrogens (tertiary/aromatic N) is 5. The third-order valence-electron chi connectivity index (χ3n) is 5.02. The molecular formula is C19H24ClN5O. The zero-order valence-electron chi connectivity index (χ0n) is 15.2. The highest BCUT2D eigenvalue weighted by atomic mass is 35.5. The third kappa shape index (κ3) is 3.48. The van der Waals surface area contributed by atoms with Crippen LogP contribution in [0.3, 0.4) is 0 Å². The van der Waals surface area contributed by atoms with E-state index < -0.39 is 0 Å². The van der Waals surface area contributed by atoms with Gasteiger partial charge in [-0.2, -0.15) is 0 Å². The van der Waals surface area contributed by atoms with Gasteiger partial charge in [0.15, 0.2) is 5.82 Å². The predicted molar refractivity (Wildman–Crippen MR) is 102 cm³/mol. The highest BCUT2D eigenvalue weighted by Crippen LogP contribution is 2.37. The van der Waals surface area contributed by atoms with Crippen molar-refractivity contribution in [2.75, 3.05) is 24.1 Å². The molecule has 2 aromatic rings. The van der Waals surface area contributed by atoms with Crippen molar-refractivity contribution in [3.8, 4) is 11.5 Å². The second-order valence-corrected chi connectivity index (χ2v) is 7.74. The molecule has 7 heteroatoms. The summed E-state index contributed by atoms with van der Waals surface area (Å²) in [5.41, 5.74) is 1.81. The molecule has 1 aliphatic heterocycles. The van der Waals surface area contributed by atoms with Gasteiger partial charge in [0, 0.05) is 18.5 Å². The maximum Gasteiger partial charge on any atom is 0.182 e. The number of allylic oxidation sites excluding steroid dienone is 1. The second kappa shape index (κ2) is 7.00. The lowest BCUT2D eigenvalue weighted by molar-refractivity contribution is -0.00642. The molecule has 0 N–H and O–H groups in total. The summed E-state index contributed by atoms with van der Waals surface area (Å²) < 4.78 is 8.22. The van der Waals surface area contributed by atoms with E-state index in [1.807, 2.05) is 18.2 Å². The van der Waals surface area contributed by atoms with Gasteiger partial charge in [-0.1, -0.05) is 12.1 Å². The van der Waals surface area contributed by atoms with E-state index >= 15 is 0 Å². The van der Waals surface area contributed by atoms with E-state index in [0.29, 0.717) is 18.7 Å². The van der Waals surface area contributed by atoms with Crippen LogP contribution in [-0.4, -0.2) is 44.5 Å². The molecule has 0 aromatic carbocycles. The summed E-state index contributed by atoms with van der Waals surface area (Å²) in [6, 6.07) is 6.55. The average molecular weight is 374 g/mol. The summed E-state index contributed by atoms with van der Waals surface area (Å²) in [5, 5.41) is 8.37. The number of aromatic nitrogens is 4. The molecule has 1 saturated carbocycles. The molecule has 4 rings (SSSR count). The molecule has 6 nitrogen and oxygen atoms in total. The number of hydrogen-bond donors (Lipinski definition) is 0. The van der Waals surface area contributed by atoms with E-state index in [-0.39, 0.29) is 5.60 Å². The van der Waals surface area contributed by atoms with Gasteiger partial charge in [0.1, 0.15) is 24.6 Å². The average Bonchev–Trinajstić information content (AvgIpc) is 3.37. The predicted octanol–water partition coefficient (Wildman–Crippen LogP) is 3.80. The molecular weight excluding hydrogens is 350 g/mol. The van der Waals surface area contributed by atoms with Gasteiger partial charge in [-0.05, 0) is 50.8 Å². The monoisotopic (exact) mass is 373 g/mol. The van der Waals surface area contributed by atoms with E-state index in [1.54, 1.807) is 6.33 Å². The SMILES string of the molecule is CC1(C)OCN(c2cccc(-c3nncn3C3CC3)n2)C/C1=C/CCCl. The van der Waals surface area contributed by atoms with Crippen LogP contribution < -0.4 is 4.90 Å². The van der Waals surface area contributed by atoms with Gasteiger partial charge in [-0.15, -0.1) is 21.8 Å². The first-order valence-electron chi connectivity index (χ1n) is 9.10. The van der Waals surface area contributed by atoms with Crippen molar-refractivity contribution in [1.29, 1.82) is 0 Å². The van der Waals surface area contributed by atoms with Crippen LogP contribution in [0.15, 0.2) is 36.2 Å². The summed E-state index contributed by atoms with van der Waals surface area (Å²) in [5.74, 6) is 2.34. The van der Waals surface area contributed by atoms with E-state index in [2.05, 4.69) is 39.6 Å². The summed E-state index contributed by atoms with van der Waals surface area (Å²) in [6.07, 6.45) is 7.21. The Balaban J connectivity index is 1.59. The molecule has 1 saturated heterocycles. The van der Waals surface area contributed by atoms with E-state index in [9.17, 15) is 0 Å². The Bertz CT molecular complexity index is 812. The Kier molecular flexibility index (Phi) is 4.71. The zero-order valence-corrected chi connectivity index (χ0v) is 16.0. The third-order valence-corrected chi connectivity index (χ3v) is 5.23. The van der Waals surface area contributed by atoms with E-state index in [1.165, 1.54) is 18.4 Å². The molecule has 3 heterocycles. The Hall–Kier alpha value is -1.92. The number of ether oxygens (including phenoxy) is 1. The smallest absolute Gasteiger partial charge is 0.182 e. The van der Waals surface area contributed by atoms with Gasteiger partial charge in [0.05, 0.1) is 5.60 Å². The van der Waals surface area contributed by atoms with Crippen LogP contribution in [0.2, 0.25) is 0 Å². The standard InChI is InChI=1S/C19H24ClN5O/c1-19(2)14(5-4-10-20)11-24(13-26-19)17-7-3-6-16(22-17)18-23-21-12-25(18)15-8-9-15/h3,5-7,12,15H,4,8-11,13H2,1-2H3/b14-5-. The fourth-order valence-electron chi connectivity index (χ4n) is 3.23. The Labute approximate surface area is 158 Å². The van der Waals surface area contributed by atoms with Crippen molar-refractivity contribution in [2.24, 2.45) is 0 Å². The molecule has 0 atom stereocenters. The first-order chi connectivity index (χ1) is 12.6. The second-order valence-electron chi connectivity index (χ2n) is 7.36. The molecule has 0 bridgehead atoms. The Morgan fingerprint density at radius 2 is 2.19 bits per heavy atom. The molecule has 26 heavy (non-hydrogen) atoms. The molecule has 2 aromatic heterocycles. The van der Waals surface area contributed by atoms with E-state index in [4.69, 9.17) is 21.3 Å². The minimum Gasteiger partial charge on any atom is -0.351 e. The largest absolute Gasteiger partial charge is 0.351 e. The van der Waals surface area contributed by atoms with Crippen molar-refractivity contribution < 1.29 is 4.74 Å². The van der Waals surface area contributed by atoms with Gasteiger partial charge in [-0.3, -0.25) is 0 Å². The lowest BCUT2D eigenvalue weighted by Gasteiger charge is -2.40. The molecule has 1 aliphatic carbocycles. The minimum atomic E-state index is -0.272. The van der Waals surface area contributed by atoms with Crippen LogP contribution in [0.5, 0.6) is 0 Å². The summed E-state index contributed by atoms with van der Waals surface area (Å²) >= 11 is 5.86. The van der Waals surface area contributed by atoms with Crippen LogP contribution in [0.25, 0.3) is 11.5 Å². The number of alkyl halides is 1. The Morgan fingerprint density at radius 1 is 1.35 bits per heavy atom. The van der Waals surface area contributed by atoms with Crippen LogP contribution in [0, 0.1) is 0 Å². The molecule has 138 valence electrons. The van der Waals surface area contributed by atoms with Gasteiger partial charge in [-0.25, -0.2) is 4.98 Å². The van der Waals surface area contributed by atoms with Crippen LogP contribution in [0.1, 0.15) is 39.2 Å². The van der Waals surface area contributed by atoms with Crippen molar-refractivity contribution in [1.82, 2.24) is 19.7 Å². The summed E-state index contributed by atoms with van der Waals surface area (Å²) in [4.78, 5) is 6.99. The lowest BCUT2D eigenvalue weighted by Crippen LogP contribution is -2.45. The highest BCUT2D eigenvalue weighted by Gasteiger charge is 2.32. The number of rotatable bonds is 5. The van der Waals surface area contributed by atoms with E-state index in [0.717, 1.165) is 30.3 Å². The van der Waals surface area contributed by atoms with Crippen molar-refractivity contribution in [3.05, 3.63) is 36.2 Å². The summed E-state index contributed by atoms with van der Waals surface area (Å²) in [6.45, 7) is 5.51. The number of hydrogen-bond acceptors (Lipinski definition) is 5. The maximum absolute atomic E-state index is 6.09. The van der Waals surface area contributed by atoms with Crippen LogP contribution in [0.4, 0.5) is 5.82 Å². The molecule has 0 spiro atoms. The minimum absolute atomic E-state index is 0.272. The van der Waals surface area contributed by atoms with Crippen molar-refractivity contribution in [2.45, 2.75) is 44.8 Å². The quantitative estimate of drug-likeness (QED) is 0.589. The fraction of sp³-hybridized carbons (Fsp3) is 0.526. The summed E-state index contributed by atoms with van der Waals surface area (Å²) in [7, 11) is 0. The fourth-order valence-corrected chi connectivity index (χ4v) is 3.34. The maximum atomic E-state index is 6.09. The number of halogens is 1. The van der Waals surface area contributed by atoms with Crippen LogP contribution in [-0.2, 0) is 4.74 Å². The molecule has 0 unspecified atom stereocenters. The van der Waals surface area contributed by atoms with Crippen LogP contribution >= 0.6 is 11.6 Å².